The second-order valence-corrected chi connectivity index (χ2v) is 9.19. The van der Waals surface area contributed by atoms with Crippen LogP contribution in [0.2, 0.25) is 0 Å². The second kappa shape index (κ2) is 21.3. The van der Waals surface area contributed by atoms with Crippen LogP contribution in [-0.2, 0) is 0 Å². The fraction of sp³-hybridized carbons (Fsp3) is 0.905. The molecule has 0 saturated carbocycles. The Morgan fingerprint density at radius 3 is 1.76 bits per heavy atom. The molecule has 0 aliphatic carbocycles. The molecule has 0 unspecified atom stereocenters. The first-order valence-corrected chi connectivity index (χ1v) is 12.7. The molecule has 0 saturated heterocycles. The van der Waals surface area contributed by atoms with Crippen LogP contribution in [0.25, 0.3) is 0 Å². The van der Waals surface area contributed by atoms with Crippen LogP contribution in [0.3, 0.4) is 0 Å². The van der Waals surface area contributed by atoms with Crippen molar-refractivity contribution in [2.45, 2.75) is 96.8 Å². The van der Waals surface area contributed by atoms with E-state index in [1.165, 1.54) is 114 Å². The molecular formula is C21H42INS2. The van der Waals surface area contributed by atoms with E-state index in [0.717, 1.165) is 0 Å². The standard InChI is InChI=1S/C21H41NS2.HI/c1-2-3-4-5-6-7-8-9-10-11-12-13-14-15-18-23-19-16-22-17-20-24-21-22;/h17,20H,2-16,18-19,21H2,1H3;1H. The van der Waals surface area contributed by atoms with Crippen LogP contribution in [0.5, 0.6) is 0 Å². The van der Waals surface area contributed by atoms with Gasteiger partial charge in [0.25, 0.3) is 0 Å². The molecule has 150 valence electrons. The lowest BCUT2D eigenvalue weighted by molar-refractivity contribution is 0.478. The Labute approximate surface area is 183 Å². The van der Waals surface area contributed by atoms with E-state index in [9.17, 15) is 0 Å². The van der Waals surface area contributed by atoms with Crippen LogP contribution in [0.4, 0.5) is 0 Å². The molecule has 1 rings (SSSR count). The molecule has 0 N–H and O–H groups in total. The van der Waals surface area contributed by atoms with E-state index >= 15 is 0 Å². The summed E-state index contributed by atoms with van der Waals surface area (Å²) in [6.07, 6.45) is 22.6. The van der Waals surface area contributed by atoms with Gasteiger partial charge in [-0.15, -0.1) is 35.7 Å². The maximum absolute atomic E-state index is 2.42. The van der Waals surface area contributed by atoms with E-state index < -0.39 is 0 Å². The summed E-state index contributed by atoms with van der Waals surface area (Å²) in [6.45, 7) is 3.53. The number of rotatable bonds is 18. The summed E-state index contributed by atoms with van der Waals surface area (Å²) in [5.74, 6) is 3.82. The van der Waals surface area contributed by atoms with E-state index in [1.54, 1.807) is 0 Å². The topological polar surface area (TPSA) is 3.24 Å². The second-order valence-electron chi connectivity index (χ2n) is 7.10. The Bertz CT molecular complexity index is 287. The maximum atomic E-state index is 2.42. The highest BCUT2D eigenvalue weighted by Crippen LogP contribution is 2.16. The zero-order chi connectivity index (χ0) is 17.1. The predicted octanol–water partition coefficient (Wildman–Crippen LogP) is 8.30. The Morgan fingerprint density at radius 1 is 0.760 bits per heavy atom. The average molecular weight is 500 g/mol. The number of halogens is 1. The van der Waals surface area contributed by atoms with Gasteiger partial charge < -0.3 is 4.90 Å². The van der Waals surface area contributed by atoms with Crippen molar-refractivity contribution >= 4 is 47.5 Å². The lowest BCUT2D eigenvalue weighted by Gasteiger charge is -2.13. The van der Waals surface area contributed by atoms with Gasteiger partial charge in [0.05, 0.1) is 5.88 Å². The van der Waals surface area contributed by atoms with Gasteiger partial charge in [-0.05, 0) is 17.6 Å². The molecule has 0 aromatic rings. The highest BCUT2D eigenvalue weighted by molar-refractivity contribution is 14.0. The van der Waals surface area contributed by atoms with Crippen molar-refractivity contribution in [2.75, 3.05) is 23.9 Å². The smallest absolute Gasteiger partial charge is 0.0675 e. The summed E-state index contributed by atoms with van der Waals surface area (Å²) in [4.78, 5) is 2.42. The van der Waals surface area contributed by atoms with E-state index in [0.29, 0.717) is 0 Å². The van der Waals surface area contributed by atoms with E-state index in [4.69, 9.17) is 0 Å². The third-order valence-corrected chi connectivity index (χ3v) is 6.62. The van der Waals surface area contributed by atoms with Crippen molar-refractivity contribution in [2.24, 2.45) is 0 Å². The first kappa shape index (κ1) is 26.0. The predicted molar refractivity (Wildman–Crippen MR) is 131 cm³/mol. The lowest BCUT2D eigenvalue weighted by Crippen LogP contribution is -2.16. The molecule has 0 amide bonds. The monoisotopic (exact) mass is 499 g/mol. The molecule has 0 spiro atoms. The van der Waals surface area contributed by atoms with Gasteiger partial charge in [-0.1, -0.05) is 90.4 Å². The number of thioether (sulfide) groups is 2. The molecule has 0 fully saturated rings. The quantitative estimate of drug-likeness (QED) is 0.138. The van der Waals surface area contributed by atoms with Crippen LogP contribution in [0.1, 0.15) is 96.8 Å². The van der Waals surface area contributed by atoms with Gasteiger partial charge >= 0.3 is 0 Å². The molecule has 1 aliphatic heterocycles. The molecule has 0 aromatic carbocycles. The normalized spacial score (nSPS) is 13.4. The third-order valence-electron chi connectivity index (χ3n) is 4.77. The van der Waals surface area contributed by atoms with Crippen LogP contribution < -0.4 is 0 Å². The number of hydrogen-bond donors (Lipinski definition) is 0. The molecule has 4 heteroatoms. The van der Waals surface area contributed by atoms with E-state index in [1.807, 2.05) is 11.8 Å². The maximum Gasteiger partial charge on any atom is 0.0675 e. The highest BCUT2D eigenvalue weighted by atomic mass is 127. The summed E-state index contributed by atoms with van der Waals surface area (Å²) in [5, 5.41) is 2.21. The van der Waals surface area contributed by atoms with Crippen molar-refractivity contribution in [1.29, 1.82) is 0 Å². The largest absolute Gasteiger partial charge is 0.367 e. The molecule has 0 atom stereocenters. The van der Waals surface area contributed by atoms with Gasteiger partial charge in [0.2, 0.25) is 0 Å². The average Bonchev–Trinajstić information content (AvgIpc) is 3.11. The minimum atomic E-state index is 0. The number of nitrogens with zero attached hydrogens (tertiary/aromatic N) is 1. The molecule has 0 aromatic heterocycles. The zero-order valence-electron chi connectivity index (χ0n) is 16.6. The Morgan fingerprint density at radius 2 is 1.28 bits per heavy atom. The van der Waals surface area contributed by atoms with Gasteiger partial charge in [0.15, 0.2) is 0 Å². The third kappa shape index (κ3) is 18.1. The van der Waals surface area contributed by atoms with Crippen LogP contribution >= 0.6 is 47.5 Å². The Balaban J connectivity index is 0.00000576. The summed E-state index contributed by atoms with van der Waals surface area (Å²) in [6, 6.07) is 0. The van der Waals surface area contributed by atoms with Crippen molar-refractivity contribution in [3.8, 4) is 0 Å². The Hall–Kier alpha value is 0.970. The highest BCUT2D eigenvalue weighted by Gasteiger charge is 2.03. The summed E-state index contributed by atoms with van der Waals surface area (Å²) in [7, 11) is 0. The summed E-state index contributed by atoms with van der Waals surface area (Å²) in [5.41, 5.74) is 0. The minimum absolute atomic E-state index is 0. The van der Waals surface area contributed by atoms with Crippen molar-refractivity contribution < 1.29 is 0 Å². The molecule has 25 heavy (non-hydrogen) atoms. The molecule has 0 radical (unpaired) electrons. The summed E-state index contributed by atoms with van der Waals surface area (Å²) >= 11 is 4.05. The van der Waals surface area contributed by atoms with Gasteiger partial charge in [-0.25, -0.2) is 0 Å². The molecule has 1 nitrogen and oxygen atoms in total. The van der Waals surface area contributed by atoms with Crippen molar-refractivity contribution in [3.63, 3.8) is 0 Å². The Kier molecular flexibility index (Phi) is 22.1. The first-order valence-electron chi connectivity index (χ1n) is 10.5. The number of unbranched alkanes of at least 4 members (excludes halogenated alkanes) is 13. The van der Waals surface area contributed by atoms with Crippen molar-refractivity contribution in [1.82, 2.24) is 4.90 Å². The van der Waals surface area contributed by atoms with Crippen LogP contribution in [0.15, 0.2) is 11.6 Å². The number of hydrogen-bond acceptors (Lipinski definition) is 3. The molecule has 1 heterocycles. The molecule has 0 bridgehead atoms. The fourth-order valence-corrected chi connectivity index (χ4v) is 4.86. The minimum Gasteiger partial charge on any atom is -0.367 e. The van der Waals surface area contributed by atoms with Crippen LogP contribution in [-0.4, -0.2) is 28.8 Å². The van der Waals surface area contributed by atoms with E-state index in [2.05, 4.69) is 35.2 Å². The van der Waals surface area contributed by atoms with Gasteiger partial charge in [0, 0.05) is 18.5 Å². The summed E-state index contributed by atoms with van der Waals surface area (Å²) < 4.78 is 0. The van der Waals surface area contributed by atoms with Crippen LogP contribution in [0, 0.1) is 0 Å². The van der Waals surface area contributed by atoms with Gasteiger partial charge in [-0.3, -0.25) is 0 Å². The first-order chi connectivity index (χ1) is 11.9. The SMILES string of the molecule is CCCCCCCCCCCCCCCCSCCN1C=CSC1.I. The van der Waals surface area contributed by atoms with E-state index in [-0.39, 0.29) is 24.0 Å². The van der Waals surface area contributed by atoms with Gasteiger partial charge in [0.1, 0.15) is 0 Å². The van der Waals surface area contributed by atoms with Crippen molar-refractivity contribution in [3.05, 3.63) is 11.6 Å². The fourth-order valence-electron chi connectivity index (χ4n) is 3.13. The lowest BCUT2D eigenvalue weighted by atomic mass is 10.0. The molecular weight excluding hydrogens is 457 g/mol. The van der Waals surface area contributed by atoms with Gasteiger partial charge in [-0.2, -0.15) is 11.8 Å². The molecule has 1 aliphatic rings. The zero-order valence-corrected chi connectivity index (χ0v) is 20.5.